The fourth-order valence-electron chi connectivity index (χ4n) is 3.68. The maximum Gasteiger partial charge on any atom is 0.321 e. The number of nitrogens with one attached hydrogen (secondary N) is 1. The highest BCUT2D eigenvalue weighted by molar-refractivity contribution is 5.91. The normalized spacial score (nSPS) is 23.3. The van der Waals surface area contributed by atoms with Gasteiger partial charge in [-0.3, -0.25) is 9.59 Å². The van der Waals surface area contributed by atoms with Crippen molar-refractivity contribution in [3.63, 3.8) is 0 Å². The smallest absolute Gasteiger partial charge is 0.321 e. The van der Waals surface area contributed by atoms with Crippen LogP contribution >= 0.6 is 0 Å². The Balaban J connectivity index is 2.14. The van der Waals surface area contributed by atoms with Crippen LogP contribution in [0.5, 0.6) is 0 Å². The number of methoxy groups -OCH3 is 1. The lowest BCUT2D eigenvalue weighted by atomic mass is 9.97. The highest BCUT2D eigenvalue weighted by Gasteiger charge is 2.49. The first kappa shape index (κ1) is 20.5. The van der Waals surface area contributed by atoms with Crippen LogP contribution in [0, 0.1) is 5.92 Å². The van der Waals surface area contributed by atoms with Gasteiger partial charge in [0, 0.05) is 32.8 Å². The number of carbonyl (C=O) groups excluding carboxylic acids is 3. The molecule has 0 unspecified atom stereocenters. The molecule has 26 heavy (non-hydrogen) atoms. The van der Waals surface area contributed by atoms with Gasteiger partial charge in [-0.15, -0.1) is 0 Å². The van der Waals surface area contributed by atoms with Crippen molar-refractivity contribution in [1.29, 1.82) is 0 Å². The minimum absolute atomic E-state index is 0.0196. The first-order chi connectivity index (χ1) is 12.2. The summed E-state index contributed by atoms with van der Waals surface area (Å²) in [6, 6.07) is -0.717. The summed E-state index contributed by atoms with van der Waals surface area (Å²) in [5, 5.41) is 2.82. The number of ether oxygens (including phenoxy) is 1. The van der Waals surface area contributed by atoms with Crippen LogP contribution in [0.15, 0.2) is 0 Å². The largest absolute Gasteiger partial charge is 0.383 e. The second kappa shape index (κ2) is 8.70. The van der Waals surface area contributed by atoms with Crippen LogP contribution in [0.2, 0.25) is 0 Å². The molecule has 2 aliphatic rings. The van der Waals surface area contributed by atoms with Crippen molar-refractivity contribution >= 4 is 17.8 Å². The van der Waals surface area contributed by atoms with Gasteiger partial charge in [-0.05, 0) is 26.2 Å². The van der Waals surface area contributed by atoms with Crippen molar-refractivity contribution < 1.29 is 19.1 Å². The van der Waals surface area contributed by atoms with Crippen molar-refractivity contribution in [1.82, 2.24) is 20.0 Å². The predicted octanol–water partition coefficient (Wildman–Crippen LogP) is 0.521. The van der Waals surface area contributed by atoms with Crippen molar-refractivity contribution in [2.75, 3.05) is 39.9 Å². The molecule has 0 spiro atoms. The number of hydrogen-bond acceptors (Lipinski definition) is 4. The quantitative estimate of drug-likeness (QED) is 0.677. The van der Waals surface area contributed by atoms with Gasteiger partial charge < -0.3 is 24.8 Å². The van der Waals surface area contributed by atoms with E-state index in [2.05, 4.69) is 5.32 Å². The van der Waals surface area contributed by atoms with E-state index >= 15 is 0 Å². The van der Waals surface area contributed by atoms with Crippen molar-refractivity contribution in [2.45, 2.75) is 52.2 Å². The van der Waals surface area contributed by atoms with Crippen LogP contribution in [0.3, 0.4) is 0 Å². The molecule has 0 saturated carbocycles. The first-order valence-corrected chi connectivity index (χ1v) is 9.38. The third-order valence-corrected chi connectivity index (χ3v) is 4.72. The summed E-state index contributed by atoms with van der Waals surface area (Å²) in [5.74, 6) is 0.100. The summed E-state index contributed by atoms with van der Waals surface area (Å²) in [6.07, 6.45) is 0.622. The van der Waals surface area contributed by atoms with Gasteiger partial charge >= 0.3 is 6.03 Å². The molecule has 0 aromatic heterocycles. The zero-order chi connectivity index (χ0) is 19.4. The molecule has 2 fully saturated rings. The standard InChI is InChI=1S/C18H32N4O4/c1-12(2)8-15-17(24)20(6-7-26-5)9-14-10-21(18(25)22(14)15)11-16(23)19-13(3)4/h12-15H,6-11H2,1-5H3,(H,19,23)/t14-,15-/m0/s1. The molecule has 0 radical (unpaired) electrons. The summed E-state index contributed by atoms with van der Waals surface area (Å²) >= 11 is 0. The Bertz CT molecular complexity index is 537. The Kier molecular flexibility index (Phi) is 6.86. The van der Waals surface area contributed by atoms with E-state index in [4.69, 9.17) is 4.74 Å². The van der Waals surface area contributed by atoms with Gasteiger partial charge in [-0.1, -0.05) is 13.8 Å². The van der Waals surface area contributed by atoms with E-state index in [1.807, 2.05) is 27.7 Å². The number of hydrogen-bond donors (Lipinski definition) is 1. The Morgan fingerprint density at radius 3 is 2.42 bits per heavy atom. The monoisotopic (exact) mass is 368 g/mol. The van der Waals surface area contributed by atoms with Crippen LogP contribution in [0.1, 0.15) is 34.1 Å². The Morgan fingerprint density at radius 1 is 1.19 bits per heavy atom. The van der Waals surface area contributed by atoms with Gasteiger partial charge in [0.05, 0.1) is 12.6 Å². The third-order valence-electron chi connectivity index (χ3n) is 4.72. The van der Waals surface area contributed by atoms with Gasteiger partial charge in [0.15, 0.2) is 0 Å². The molecule has 0 aliphatic carbocycles. The van der Waals surface area contributed by atoms with Crippen LogP contribution in [0.4, 0.5) is 4.79 Å². The molecule has 0 aromatic rings. The molecule has 0 bridgehead atoms. The summed E-state index contributed by atoms with van der Waals surface area (Å²) < 4.78 is 5.11. The molecule has 2 atom stereocenters. The molecule has 2 heterocycles. The van der Waals surface area contributed by atoms with Crippen LogP contribution < -0.4 is 5.32 Å². The maximum atomic E-state index is 12.9. The van der Waals surface area contributed by atoms with Crippen molar-refractivity contribution in [2.24, 2.45) is 5.92 Å². The Hall–Kier alpha value is -1.83. The highest BCUT2D eigenvalue weighted by Crippen LogP contribution is 2.28. The van der Waals surface area contributed by atoms with Crippen LogP contribution in [-0.2, 0) is 14.3 Å². The van der Waals surface area contributed by atoms with Gasteiger partial charge in [0.2, 0.25) is 11.8 Å². The Morgan fingerprint density at radius 2 is 1.85 bits per heavy atom. The van der Waals surface area contributed by atoms with Crippen molar-refractivity contribution in [3.8, 4) is 0 Å². The second-order valence-electron chi connectivity index (χ2n) is 7.87. The lowest BCUT2D eigenvalue weighted by Gasteiger charge is -2.42. The number of carbonyl (C=O) groups is 3. The van der Waals surface area contributed by atoms with E-state index in [0.29, 0.717) is 32.7 Å². The lowest BCUT2D eigenvalue weighted by Crippen LogP contribution is -2.61. The number of amides is 4. The number of piperazine rings is 1. The first-order valence-electron chi connectivity index (χ1n) is 9.38. The summed E-state index contributed by atoms with van der Waals surface area (Å²) in [6.45, 7) is 9.86. The SMILES string of the molecule is COCCN1C[C@H]2CN(CC(=O)NC(C)C)C(=O)N2[C@@H](CC(C)C)C1=O. The molecule has 2 aliphatic heterocycles. The number of nitrogens with zero attached hydrogens (tertiary/aromatic N) is 3. The maximum absolute atomic E-state index is 12.9. The summed E-state index contributed by atoms with van der Waals surface area (Å²) in [5.41, 5.74) is 0. The third kappa shape index (κ3) is 4.66. The minimum Gasteiger partial charge on any atom is -0.383 e. The zero-order valence-corrected chi connectivity index (χ0v) is 16.5. The molecular formula is C18H32N4O4. The molecular weight excluding hydrogens is 336 g/mol. The van der Waals surface area contributed by atoms with Crippen LogP contribution in [0.25, 0.3) is 0 Å². The van der Waals surface area contributed by atoms with E-state index in [-0.39, 0.29) is 42.4 Å². The molecule has 148 valence electrons. The molecule has 1 N–H and O–H groups in total. The van der Waals surface area contributed by atoms with E-state index in [9.17, 15) is 14.4 Å². The fraction of sp³-hybridized carbons (Fsp3) is 0.833. The molecule has 2 saturated heterocycles. The molecule has 2 rings (SSSR count). The molecule has 8 nitrogen and oxygen atoms in total. The van der Waals surface area contributed by atoms with Gasteiger partial charge in [-0.2, -0.15) is 0 Å². The van der Waals surface area contributed by atoms with Crippen molar-refractivity contribution in [3.05, 3.63) is 0 Å². The summed E-state index contributed by atoms with van der Waals surface area (Å²) in [4.78, 5) is 42.9. The Labute approximate surface area is 155 Å². The highest BCUT2D eigenvalue weighted by atomic mass is 16.5. The fourth-order valence-corrected chi connectivity index (χ4v) is 3.68. The lowest BCUT2D eigenvalue weighted by molar-refractivity contribution is -0.143. The molecule has 4 amide bonds. The van der Waals surface area contributed by atoms with E-state index in [0.717, 1.165) is 0 Å². The van der Waals surface area contributed by atoms with E-state index < -0.39 is 6.04 Å². The molecule has 0 aromatic carbocycles. The number of rotatable bonds is 8. The summed E-state index contributed by atoms with van der Waals surface area (Å²) in [7, 11) is 1.61. The van der Waals surface area contributed by atoms with Crippen LogP contribution in [-0.4, -0.2) is 90.6 Å². The zero-order valence-electron chi connectivity index (χ0n) is 16.5. The number of urea groups is 1. The van der Waals surface area contributed by atoms with E-state index in [1.54, 1.807) is 21.8 Å². The average molecular weight is 368 g/mol. The van der Waals surface area contributed by atoms with Gasteiger partial charge in [0.1, 0.15) is 12.6 Å². The van der Waals surface area contributed by atoms with Gasteiger partial charge in [-0.25, -0.2) is 4.79 Å². The predicted molar refractivity (Wildman–Crippen MR) is 97.6 cm³/mol. The minimum atomic E-state index is -0.462. The molecule has 8 heteroatoms. The average Bonchev–Trinajstić information content (AvgIpc) is 2.83. The second-order valence-corrected chi connectivity index (χ2v) is 7.87. The topological polar surface area (TPSA) is 82.2 Å². The van der Waals surface area contributed by atoms with E-state index in [1.165, 1.54) is 0 Å². The van der Waals surface area contributed by atoms with Gasteiger partial charge in [0.25, 0.3) is 0 Å². The number of fused-ring (bicyclic) bond motifs is 1.